The van der Waals surface area contributed by atoms with E-state index in [2.05, 4.69) is 15.2 Å². The molecule has 6 heteroatoms. The van der Waals surface area contributed by atoms with Gasteiger partial charge in [-0.15, -0.1) is 0 Å². The molecule has 5 nitrogen and oxygen atoms in total. The summed E-state index contributed by atoms with van der Waals surface area (Å²) in [5.41, 5.74) is 1.92. The second-order valence-corrected chi connectivity index (χ2v) is 6.15. The topological polar surface area (TPSA) is 59.0 Å². The van der Waals surface area contributed by atoms with E-state index in [1.54, 1.807) is 0 Å². The van der Waals surface area contributed by atoms with Gasteiger partial charge in [-0.25, -0.2) is 4.98 Å². The maximum absolute atomic E-state index is 11.9. The molecule has 2 heterocycles. The van der Waals surface area contributed by atoms with Gasteiger partial charge in [0.2, 0.25) is 5.91 Å². The smallest absolute Gasteiger partial charge is 0.237 e. The van der Waals surface area contributed by atoms with Crippen molar-refractivity contribution in [3.8, 4) is 0 Å². The van der Waals surface area contributed by atoms with Crippen molar-refractivity contribution in [1.29, 1.82) is 0 Å². The number of piperazine rings is 1. The number of imidazole rings is 1. The second kappa shape index (κ2) is 5.00. The minimum atomic E-state index is -0.202. The third-order valence-corrected chi connectivity index (χ3v) is 4.47. The summed E-state index contributed by atoms with van der Waals surface area (Å²) in [6, 6.07) is 6.09. The van der Waals surface area contributed by atoms with Gasteiger partial charge in [0.05, 0.1) is 22.1 Å². The van der Waals surface area contributed by atoms with Crippen molar-refractivity contribution in [2.24, 2.45) is 0 Å². The Bertz CT molecular complexity index is 707. The number of carbonyl (C=O) groups excluding carboxylic acids is 1. The van der Waals surface area contributed by atoms with Crippen molar-refractivity contribution in [2.45, 2.75) is 31.3 Å². The van der Waals surface area contributed by atoms with Crippen LogP contribution in [0.2, 0.25) is 5.02 Å². The fraction of sp³-hybridized carbons (Fsp3) is 0.467. The number of fused-ring (bicyclic) bond motifs is 1. The maximum Gasteiger partial charge on any atom is 0.237 e. The zero-order valence-electron chi connectivity index (χ0n) is 11.6. The molecule has 1 aromatic carbocycles. The van der Waals surface area contributed by atoms with Crippen LogP contribution in [0.3, 0.4) is 0 Å². The number of carbonyl (C=O) groups is 1. The lowest BCUT2D eigenvalue weighted by atomic mass is 10.1. The molecule has 1 saturated carbocycles. The minimum Gasteiger partial charge on any atom is -0.353 e. The molecule has 2 N–H and O–H groups in total. The molecule has 2 aromatic rings. The number of para-hydroxylation sites is 1. The van der Waals surface area contributed by atoms with Crippen LogP contribution >= 0.6 is 11.6 Å². The van der Waals surface area contributed by atoms with Crippen molar-refractivity contribution in [3.05, 3.63) is 29.0 Å². The highest BCUT2D eigenvalue weighted by Gasteiger charge is 2.31. The van der Waals surface area contributed by atoms with E-state index < -0.39 is 0 Å². The highest BCUT2D eigenvalue weighted by molar-refractivity contribution is 6.35. The van der Waals surface area contributed by atoms with Gasteiger partial charge in [-0.1, -0.05) is 17.7 Å². The number of nitrogens with one attached hydrogen (secondary N) is 2. The van der Waals surface area contributed by atoms with Gasteiger partial charge in [-0.2, -0.15) is 0 Å². The number of rotatable bonds is 3. The number of amides is 1. The molecular weight excluding hydrogens is 288 g/mol. The molecule has 110 valence electrons. The van der Waals surface area contributed by atoms with Gasteiger partial charge in [0.1, 0.15) is 5.82 Å². The molecule has 1 saturated heterocycles. The Kier molecular flexibility index (Phi) is 3.12. The third kappa shape index (κ3) is 2.30. The first-order valence-electron chi connectivity index (χ1n) is 7.40. The van der Waals surface area contributed by atoms with E-state index in [1.165, 1.54) is 0 Å². The molecule has 0 spiro atoms. The van der Waals surface area contributed by atoms with Gasteiger partial charge in [0.15, 0.2) is 0 Å². The van der Waals surface area contributed by atoms with E-state index in [4.69, 9.17) is 16.6 Å². The van der Waals surface area contributed by atoms with Crippen LogP contribution in [0.1, 0.15) is 24.7 Å². The molecule has 2 fully saturated rings. The molecule has 1 unspecified atom stereocenters. The number of hydrogen-bond acceptors (Lipinski definition) is 3. The summed E-state index contributed by atoms with van der Waals surface area (Å²) in [5, 5.41) is 6.90. The molecule has 1 atom stereocenters. The predicted octanol–water partition coefficient (Wildman–Crippen LogP) is 1.66. The number of aromatic nitrogens is 2. The predicted molar refractivity (Wildman–Crippen MR) is 81.5 cm³/mol. The number of nitrogens with zero attached hydrogens (tertiary/aromatic N) is 2. The first-order valence-corrected chi connectivity index (χ1v) is 7.78. The Morgan fingerprint density at radius 3 is 2.95 bits per heavy atom. The summed E-state index contributed by atoms with van der Waals surface area (Å²) in [6.07, 6.45) is 2.93. The van der Waals surface area contributed by atoms with Gasteiger partial charge in [-0.05, 0) is 25.0 Å². The molecule has 2 aliphatic rings. The summed E-state index contributed by atoms with van der Waals surface area (Å²) in [4.78, 5) is 16.7. The number of halogens is 1. The Labute approximate surface area is 127 Å². The van der Waals surface area contributed by atoms with E-state index in [0.29, 0.717) is 19.0 Å². The fourth-order valence-corrected chi connectivity index (χ4v) is 3.28. The molecule has 1 aliphatic carbocycles. The fourth-order valence-electron chi connectivity index (χ4n) is 3.02. The van der Waals surface area contributed by atoms with Crippen LogP contribution in [0, 0.1) is 0 Å². The monoisotopic (exact) mass is 304 g/mol. The van der Waals surface area contributed by atoms with Crippen molar-refractivity contribution in [3.63, 3.8) is 0 Å². The lowest BCUT2D eigenvalue weighted by molar-refractivity contribution is -0.124. The standard InChI is InChI=1S/C15H17ClN4O/c16-10-2-1-3-11-14(10)20(9-4-5-9)13(19-11)8-12-15(21)18-7-6-17-12/h1-3,9,12,17H,4-8H2,(H,18,21). The summed E-state index contributed by atoms with van der Waals surface area (Å²) in [5.74, 6) is 1.01. The first-order chi connectivity index (χ1) is 10.2. The van der Waals surface area contributed by atoms with E-state index in [-0.39, 0.29) is 11.9 Å². The van der Waals surface area contributed by atoms with Crippen LogP contribution in [-0.2, 0) is 11.2 Å². The van der Waals surface area contributed by atoms with Gasteiger partial charge in [0.25, 0.3) is 0 Å². The van der Waals surface area contributed by atoms with Crippen molar-refractivity contribution in [2.75, 3.05) is 13.1 Å². The van der Waals surface area contributed by atoms with Crippen molar-refractivity contribution >= 4 is 28.5 Å². The van der Waals surface area contributed by atoms with E-state index >= 15 is 0 Å². The highest BCUT2D eigenvalue weighted by Crippen LogP contribution is 2.40. The van der Waals surface area contributed by atoms with E-state index in [9.17, 15) is 4.79 Å². The first kappa shape index (κ1) is 13.1. The Morgan fingerprint density at radius 2 is 2.19 bits per heavy atom. The van der Waals surface area contributed by atoms with Gasteiger partial charge >= 0.3 is 0 Å². The van der Waals surface area contributed by atoms with Gasteiger partial charge in [0, 0.05) is 25.6 Å². The second-order valence-electron chi connectivity index (χ2n) is 5.74. The van der Waals surface area contributed by atoms with Crippen LogP contribution in [0.4, 0.5) is 0 Å². The summed E-state index contributed by atoms with van der Waals surface area (Å²) in [7, 11) is 0. The maximum atomic E-state index is 11.9. The molecule has 1 aliphatic heterocycles. The molecule has 1 aromatic heterocycles. The van der Waals surface area contributed by atoms with Crippen molar-refractivity contribution in [1.82, 2.24) is 20.2 Å². The molecular formula is C15H17ClN4O. The summed E-state index contributed by atoms with van der Waals surface area (Å²) < 4.78 is 2.24. The Balaban J connectivity index is 1.75. The number of hydrogen-bond donors (Lipinski definition) is 2. The normalized spacial score (nSPS) is 22.5. The molecule has 0 bridgehead atoms. The molecule has 0 radical (unpaired) electrons. The van der Waals surface area contributed by atoms with Crippen LogP contribution in [-0.4, -0.2) is 34.6 Å². The van der Waals surface area contributed by atoms with E-state index in [0.717, 1.165) is 41.3 Å². The Morgan fingerprint density at radius 1 is 1.33 bits per heavy atom. The van der Waals surface area contributed by atoms with E-state index in [1.807, 2.05) is 18.2 Å². The SMILES string of the molecule is O=C1NCCNC1Cc1nc2cccc(Cl)c2n1C1CC1. The van der Waals surface area contributed by atoms with Crippen LogP contribution in [0.5, 0.6) is 0 Å². The molecule has 21 heavy (non-hydrogen) atoms. The van der Waals surface area contributed by atoms with Crippen LogP contribution < -0.4 is 10.6 Å². The average molecular weight is 305 g/mol. The summed E-state index contributed by atoms with van der Waals surface area (Å²) in [6.45, 7) is 1.50. The quantitative estimate of drug-likeness (QED) is 0.906. The third-order valence-electron chi connectivity index (χ3n) is 4.16. The van der Waals surface area contributed by atoms with Crippen LogP contribution in [0.15, 0.2) is 18.2 Å². The zero-order valence-corrected chi connectivity index (χ0v) is 12.4. The molecule has 4 rings (SSSR count). The average Bonchev–Trinajstić information content (AvgIpc) is 3.23. The van der Waals surface area contributed by atoms with Crippen LogP contribution in [0.25, 0.3) is 11.0 Å². The largest absolute Gasteiger partial charge is 0.353 e. The highest BCUT2D eigenvalue weighted by atomic mass is 35.5. The summed E-state index contributed by atoms with van der Waals surface area (Å²) >= 11 is 6.36. The lowest BCUT2D eigenvalue weighted by Crippen LogP contribution is -2.54. The Hall–Kier alpha value is -1.59. The minimum absolute atomic E-state index is 0.0572. The molecule has 1 amide bonds. The van der Waals surface area contributed by atoms with Gasteiger partial charge < -0.3 is 15.2 Å². The van der Waals surface area contributed by atoms with Gasteiger partial charge in [-0.3, -0.25) is 4.79 Å². The number of benzene rings is 1. The lowest BCUT2D eigenvalue weighted by Gasteiger charge is -2.23. The van der Waals surface area contributed by atoms with Crippen molar-refractivity contribution < 1.29 is 4.79 Å². The zero-order chi connectivity index (χ0) is 14.4.